The third-order valence-electron chi connectivity index (χ3n) is 1.89. The van der Waals surface area contributed by atoms with E-state index in [1.165, 1.54) is 6.92 Å². The Bertz CT molecular complexity index is 343. The molecule has 0 saturated heterocycles. The van der Waals surface area contributed by atoms with Crippen LogP contribution >= 0.6 is 23.4 Å². The summed E-state index contributed by atoms with van der Waals surface area (Å²) in [5, 5.41) is 2.73. The highest BCUT2D eigenvalue weighted by molar-refractivity contribution is 7.99. The van der Waals surface area contributed by atoms with E-state index in [1.54, 1.807) is 11.8 Å². The number of anilines is 1. The van der Waals surface area contributed by atoms with Crippen LogP contribution in [0.3, 0.4) is 0 Å². The zero-order valence-electron chi connectivity index (χ0n) is 9.74. The molecule has 1 N–H and O–H groups in total. The van der Waals surface area contributed by atoms with Gasteiger partial charge in [-0.3, -0.25) is 4.79 Å². The number of amides is 1. The Labute approximate surface area is 111 Å². The lowest BCUT2D eigenvalue weighted by atomic mass is 10.3. The normalized spacial score (nSPS) is 10.2. The lowest BCUT2D eigenvalue weighted by Crippen LogP contribution is -2.05. The summed E-state index contributed by atoms with van der Waals surface area (Å²) < 4.78 is 5.27. The Morgan fingerprint density at radius 1 is 1.35 bits per heavy atom. The van der Waals surface area contributed by atoms with Crippen LogP contribution in [0.5, 0.6) is 0 Å². The minimum absolute atomic E-state index is 0.0557. The van der Waals surface area contributed by atoms with Crippen molar-refractivity contribution >= 4 is 35.0 Å². The van der Waals surface area contributed by atoms with Gasteiger partial charge < -0.3 is 10.1 Å². The second kappa shape index (κ2) is 8.39. The maximum Gasteiger partial charge on any atom is 0.221 e. The minimum atomic E-state index is -0.0557. The number of thioether (sulfide) groups is 1. The second-order valence-electron chi connectivity index (χ2n) is 3.36. The fourth-order valence-corrected chi connectivity index (χ4v) is 2.09. The van der Waals surface area contributed by atoms with E-state index in [0.717, 1.165) is 16.3 Å². The Kier molecular flexibility index (Phi) is 7.08. The molecule has 0 aromatic heterocycles. The molecule has 0 atom stereocenters. The number of hydrogen-bond acceptors (Lipinski definition) is 3. The minimum Gasteiger partial charge on any atom is -0.379 e. The van der Waals surface area contributed by atoms with Gasteiger partial charge in [-0.2, -0.15) is 0 Å². The van der Waals surface area contributed by atoms with Gasteiger partial charge in [0.2, 0.25) is 5.91 Å². The smallest absolute Gasteiger partial charge is 0.221 e. The molecule has 5 heteroatoms. The maximum atomic E-state index is 10.8. The summed E-state index contributed by atoms with van der Waals surface area (Å²) in [6, 6.07) is 7.75. The lowest BCUT2D eigenvalue weighted by molar-refractivity contribution is -0.114. The predicted octanol–water partition coefficient (Wildman–Crippen LogP) is 2.99. The number of carbonyl (C=O) groups excluding carboxylic acids is 1. The molecular formula is C12H16ClNO2S. The van der Waals surface area contributed by atoms with Crippen LogP contribution in [0.1, 0.15) is 6.92 Å². The topological polar surface area (TPSA) is 38.3 Å². The molecule has 0 aliphatic rings. The first-order valence-corrected chi connectivity index (χ1v) is 6.88. The summed E-state index contributed by atoms with van der Waals surface area (Å²) in [5.74, 6) is 1.38. The number of carbonyl (C=O) groups is 1. The molecule has 1 amide bonds. The van der Waals surface area contributed by atoms with Gasteiger partial charge in [0.05, 0.1) is 13.2 Å². The van der Waals surface area contributed by atoms with E-state index in [-0.39, 0.29) is 5.91 Å². The fraction of sp³-hybridized carbons (Fsp3) is 0.417. The molecule has 1 aromatic rings. The molecule has 1 rings (SSSR count). The molecule has 0 aliphatic carbocycles. The Hall–Kier alpha value is -0.710. The van der Waals surface area contributed by atoms with E-state index < -0.39 is 0 Å². The summed E-state index contributed by atoms with van der Waals surface area (Å²) in [7, 11) is 0. The van der Waals surface area contributed by atoms with Crippen LogP contribution < -0.4 is 5.32 Å². The molecule has 94 valence electrons. The standard InChI is InChI=1S/C12H16ClNO2S/c1-10(15)14-11-2-4-12(5-3-11)17-9-8-16-7-6-13/h2-5H,6-9H2,1H3,(H,14,15). The number of alkyl halides is 1. The largest absolute Gasteiger partial charge is 0.379 e. The molecule has 0 radical (unpaired) electrons. The third-order valence-corrected chi connectivity index (χ3v) is 3.02. The van der Waals surface area contributed by atoms with Gasteiger partial charge in [-0.1, -0.05) is 0 Å². The quantitative estimate of drug-likeness (QED) is 0.472. The molecule has 0 spiro atoms. The van der Waals surface area contributed by atoms with E-state index in [9.17, 15) is 4.79 Å². The molecule has 0 saturated carbocycles. The summed E-state index contributed by atoms with van der Waals surface area (Å²) >= 11 is 7.21. The van der Waals surface area contributed by atoms with Crippen LogP contribution in [0, 0.1) is 0 Å². The monoisotopic (exact) mass is 273 g/mol. The van der Waals surface area contributed by atoms with Crippen LogP contribution in [-0.4, -0.2) is 30.8 Å². The highest BCUT2D eigenvalue weighted by Crippen LogP contribution is 2.20. The molecular weight excluding hydrogens is 258 g/mol. The highest BCUT2D eigenvalue weighted by Gasteiger charge is 1.97. The van der Waals surface area contributed by atoms with E-state index >= 15 is 0 Å². The predicted molar refractivity (Wildman–Crippen MR) is 73.0 cm³/mol. The molecule has 0 heterocycles. The van der Waals surface area contributed by atoms with Crippen LogP contribution in [0.15, 0.2) is 29.2 Å². The van der Waals surface area contributed by atoms with Crippen LogP contribution in [-0.2, 0) is 9.53 Å². The van der Waals surface area contributed by atoms with Crippen LogP contribution in [0.4, 0.5) is 5.69 Å². The van der Waals surface area contributed by atoms with Gasteiger partial charge in [0.25, 0.3) is 0 Å². The fourth-order valence-electron chi connectivity index (χ4n) is 1.21. The lowest BCUT2D eigenvalue weighted by Gasteiger charge is -2.05. The van der Waals surface area contributed by atoms with E-state index in [0.29, 0.717) is 19.1 Å². The number of benzene rings is 1. The van der Waals surface area contributed by atoms with E-state index in [2.05, 4.69) is 5.32 Å². The Morgan fingerprint density at radius 2 is 2.06 bits per heavy atom. The summed E-state index contributed by atoms with van der Waals surface area (Å²) in [4.78, 5) is 12.0. The molecule has 3 nitrogen and oxygen atoms in total. The van der Waals surface area contributed by atoms with Crippen LogP contribution in [0.2, 0.25) is 0 Å². The Balaban J connectivity index is 2.28. The van der Waals surface area contributed by atoms with Gasteiger partial charge in [0.1, 0.15) is 0 Å². The van der Waals surface area contributed by atoms with Crippen molar-refractivity contribution in [2.24, 2.45) is 0 Å². The maximum absolute atomic E-state index is 10.8. The first-order valence-electron chi connectivity index (χ1n) is 5.36. The molecule has 0 unspecified atom stereocenters. The third kappa shape index (κ3) is 6.56. The van der Waals surface area contributed by atoms with Gasteiger partial charge in [-0.05, 0) is 24.3 Å². The summed E-state index contributed by atoms with van der Waals surface area (Å²) in [6.07, 6.45) is 0. The van der Waals surface area contributed by atoms with Crippen molar-refractivity contribution in [3.8, 4) is 0 Å². The van der Waals surface area contributed by atoms with Crippen molar-refractivity contribution in [2.45, 2.75) is 11.8 Å². The highest BCUT2D eigenvalue weighted by atomic mass is 35.5. The number of nitrogens with one attached hydrogen (secondary N) is 1. The summed E-state index contributed by atoms with van der Waals surface area (Å²) in [5.41, 5.74) is 0.820. The number of halogens is 1. The average molecular weight is 274 g/mol. The molecule has 0 bridgehead atoms. The number of ether oxygens (including phenoxy) is 1. The van der Waals surface area contributed by atoms with Crippen LogP contribution in [0.25, 0.3) is 0 Å². The van der Waals surface area contributed by atoms with Crippen molar-refractivity contribution < 1.29 is 9.53 Å². The van der Waals surface area contributed by atoms with Gasteiger partial charge >= 0.3 is 0 Å². The second-order valence-corrected chi connectivity index (χ2v) is 4.90. The SMILES string of the molecule is CC(=O)Nc1ccc(SCCOCCCl)cc1. The van der Waals surface area contributed by atoms with Crippen molar-refractivity contribution in [3.05, 3.63) is 24.3 Å². The summed E-state index contributed by atoms with van der Waals surface area (Å²) in [6.45, 7) is 2.80. The van der Waals surface area contributed by atoms with Gasteiger partial charge in [-0.15, -0.1) is 23.4 Å². The van der Waals surface area contributed by atoms with Crippen molar-refractivity contribution in [2.75, 3.05) is 30.2 Å². The molecule has 0 aliphatic heterocycles. The van der Waals surface area contributed by atoms with Crippen molar-refractivity contribution in [1.82, 2.24) is 0 Å². The zero-order chi connectivity index (χ0) is 12.5. The van der Waals surface area contributed by atoms with E-state index in [1.807, 2.05) is 24.3 Å². The Morgan fingerprint density at radius 3 is 2.65 bits per heavy atom. The average Bonchev–Trinajstić information content (AvgIpc) is 2.30. The van der Waals surface area contributed by atoms with Gasteiger partial charge in [0, 0.05) is 29.1 Å². The number of rotatable bonds is 7. The van der Waals surface area contributed by atoms with Gasteiger partial charge in [0.15, 0.2) is 0 Å². The first kappa shape index (κ1) is 14.4. The molecule has 1 aromatic carbocycles. The van der Waals surface area contributed by atoms with Crippen molar-refractivity contribution in [1.29, 1.82) is 0 Å². The molecule has 17 heavy (non-hydrogen) atoms. The van der Waals surface area contributed by atoms with Crippen molar-refractivity contribution in [3.63, 3.8) is 0 Å². The first-order chi connectivity index (χ1) is 8.22. The van der Waals surface area contributed by atoms with Gasteiger partial charge in [-0.25, -0.2) is 0 Å². The molecule has 0 fully saturated rings. The zero-order valence-corrected chi connectivity index (χ0v) is 11.3. The number of hydrogen-bond donors (Lipinski definition) is 1. The van der Waals surface area contributed by atoms with E-state index in [4.69, 9.17) is 16.3 Å².